The third kappa shape index (κ3) is 2.62. The van der Waals surface area contributed by atoms with Gasteiger partial charge in [0.05, 0.1) is 11.1 Å². The minimum Gasteiger partial charge on any atom is -0.488 e. The fourth-order valence-electron chi connectivity index (χ4n) is 3.51. The molecule has 1 aromatic heterocycles. The Kier molecular flexibility index (Phi) is 3.88. The van der Waals surface area contributed by atoms with Crippen LogP contribution in [-0.4, -0.2) is 29.2 Å². The fourth-order valence-corrected chi connectivity index (χ4v) is 3.51. The van der Waals surface area contributed by atoms with E-state index in [2.05, 4.69) is 10.5 Å². The van der Waals surface area contributed by atoms with Gasteiger partial charge in [-0.2, -0.15) is 0 Å². The summed E-state index contributed by atoms with van der Waals surface area (Å²) in [5, 5.41) is 6.93. The van der Waals surface area contributed by atoms with Gasteiger partial charge in [0.25, 0.3) is 0 Å². The number of hydrogen-bond acceptors (Lipinski definition) is 4. The molecule has 0 unspecified atom stereocenters. The molecular formula is C18H21N3O3. The molecule has 1 aliphatic heterocycles. The molecule has 1 aliphatic carbocycles. The van der Waals surface area contributed by atoms with Crippen molar-refractivity contribution in [3.8, 4) is 17.1 Å². The van der Waals surface area contributed by atoms with Gasteiger partial charge in [-0.15, -0.1) is 0 Å². The van der Waals surface area contributed by atoms with Crippen molar-refractivity contribution >= 4 is 11.8 Å². The van der Waals surface area contributed by atoms with E-state index in [1.165, 1.54) is 19.3 Å². The van der Waals surface area contributed by atoms with Crippen molar-refractivity contribution in [2.45, 2.75) is 44.8 Å². The van der Waals surface area contributed by atoms with Gasteiger partial charge < -0.3 is 14.2 Å². The largest absolute Gasteiger partial charge is 0.488 e. The number of benzene rings is 1. The van der Waals surface area contributed by atoms with Crippen LogP contribution < -0.4 is 10.1 Å². The number of aromatic nitrogens is 1. The summed E-state index contributed by atoms with van der Waals surface area (Å²) >= 11 is 0. The predicted molar refractivity (Wildman–Crippen MR) is 89.9 cm³/mol. The lowest BCUT2D eigenvalue weighted by molar-refractivity contribution is 0.186. The molecule has 6 heteroatoms. The van der Waals surface area contributed by atoms with Crippen LogP contribution in [0.3, 0.4) is 0 Å². The van der Waals surface area contributed by atoms with Gasteiger partial charge in [0.15, 0.2) is 11.6 Å². The molecule has 2 aliphatic rings. The zero-order valence-corrected chi connectivity index (χ0v) is 13.7. The summed E-state index contributed by atoms with van der Waals surface area (Å²) in [6.45, 7) is 0.346. The van der Waals surface area contributed by atoms with Crippen LogP contribution >= 0.6 is 0 Å². The highest BCUT2D eigenvalue weighted by molar-refractivity contribution is 5.90. The zero-order chi connectivity index (χ0) is 16.5. The van der Waals surface area contributed by atoms with Gasteiger partial charge in [0, 0.05) is 13.1 Å². The molecule has 2 aromatic rings. The lowest BCUT2D eigenvalue weighted by atomic mass is 9.95. The number of fused-ring (bicyclic) bond motifs is 3. The van der Waals surface area contributed by atoms with E-state index >= 15 is 0 Å². The first-order valence-corrected chi connectivity index (χ1v) is 8.48. The van der Waals surface area contributed by atoms with E-state index in [1.807, 2.05) is 31.3 Å². The number of nitrogens with zero attached hydrogens (tertiary/aromatic N) is 2. The fraction of sp³-hybridized carbons (Fsp3) is 0.444. The second kappa shape index (κ2) is 6.19. The average Bonchev–Trinajstić information content (AvgIpc) is 3.05. The van der Waals surface area contributed by atoms with Crippen LogP contribution in [0.2, 0.25) is 0 Å². The van der Waals surface area contributed by atoms with E-state index < -0.39 is 0 Å². The van der Waals surface area contributed by atoms with Crippen LogP contribution in [0.15, 0.2) is 28.8 Å². The molecule has 0 atom stereocenters. The summed E-state index contributed by atoms with van der Waals surface area (Å²) in [6.07, 6.45) is 5.77. The van der Waals surface area contributed by atoms with E-state index in [0.717, 1.165) is 29.7 Å². The molecule has 1 aromatic carbocycles. The maximum absolute atomic E-state index is 12.5. The normalized spacial score (nSPS) is 16.7. The summed E-state index contributed by atoms with van der Waals surface area (Å²) < 4.78 is 11.2. The van der Waals surface area contributed by atoms with E-state index in [4.69, 9.17) is 9.26 Å². The SMILES string of the molecule is CN(C(=O)Nc1noc2c1COc1ccccc1-2)C1CCCCC1. The molecule has 2 amide bonds. The third-order valence-corrected chi connectivity index (χ3v) is 4.96. The molecule has 0 spiro atoms. The minimum absolute atomic E-state index is 0.142. The van der Waals surface area contributed by atoms with Crippen molar-refractivity contribution in [1.82, 2.24) is 10.1 Å². The number of carbonyl (C=O) groups is 1. The molecule has 126 valence electrons. The quantitative estimate of drug-likeness (QED) is 0.904. The van der Waals surface area contributed by atoms with E-state index in [9.17, 15) is 4.79 Å². The molecule has 1 saturated carbocycles. The average molecular weight is 327 g/mol. The molecule has 0 saturated heterocycles. The Morgan fingerprint density at radius 3 is 2.88 bits per heavy atom. The third-order valence-electron chi connectivity index (χ3n) is 4.96. The highest BCUT2D eigenvalue weighted by Gasteiger charge is 2.28. The highest BCUT2D eigenvalue weighted by atomic mass is 16.5. The summed E-state index contributed by atoms with van der Waals surface area (Å²) in [5.74, 6) is 1.90. The number of anilines is 1. The minimum atomic E-state index is -0.142. The number of hydrogen-bond donors (Lipinski definition) is 1. The lowest BCUT2D eigenvalue weighted by Gasteiger charge is -2.31. The molecule has 1 fully saturated rings. The molecule has 0 radical (unpaired) electrons. The first-order chi connectivity index (χ1) is 11.7. The summed E-state index contributed by atoms with van der Waals surface area (Å²) in [6, 6.07) is 7.83. The Labute approximate surface area is 140 Å². The molecule has 24 heavy (non-hydrogen) atoms. The summed E-state index contributed by atoms with van der Waals surface area (Å²) in [4.78, 5) is 14.3. The highest BCUT2D eigenvalue weighted by Crippen LogP contribution is 2.40. The van der Waals surface area contributed by atoms with Crippen LogP contribution in [0.4, 0.5) is 10.6 Å². The summed E-state index contributed by atoms with van der Waals surface area (Å²) in [5.41, 5.74) is 1.66. The van der Waals surface area contributed by atoms with Crippen molar-refractivity contribution in [2.75, 3.05) is 12.4 Å². The van der Waals surface area contributed by atoms with Crippen molar-refractivity contribution < 1.29 is 14.1 Å². The monoisotopic (exact) mass is 327 g/mol. The number of carbonyl (C=O) groups excluding carboxylic acids is 1. The first-order valence-electron chi connectivity index (χ1n) is 8.48. The number of amides is 2. The maximum atomic E-state index is 12.5. The number of para-hydroxylation sites is 1. The molecule has 4 rings (SSSR count). The molecule has 2 heterocycles. The van der Waals surface area contributed by atoms with Gasteiger partial charge in [0.2, 0.25) is 0 Å². The Hall–Kier alpha value is -2.50. The lowest BCUT2D eigenvalue weighted by Crippen LogP contribution is -2.41. The van der Waals surface area contributed by atoms with Gasteiger partial charge in [0.1, 0.15) is 12.4 Å². The predicted octanol–water partition coefficient (Wildman–Crippen LogP) is 4.03. The Morgan fingerprint density at radius 1 is 1.25 bits per heavy atom. The standard InChI is InChI=1S/C18H21N3O3/c1-21(12-7-3-2-4-8-12)18(22)19-17-14-11-23-15-10-6-5-9-13(15)16(14)24-20-17/h5-6,9-10,12H,2-4,7-8,11H2,1H3,(H,19,20,22). The topological polar surface area (TPSA) is 67.6 Å². The first kappa shape index (κ1) is 15.1. The molecular weight excluding hydrogens is 306 g/mol. The van der Waals surface area contributed by atoms with Gasteiger partial charge in [-0.25, -0.2) is 4.79 Å². The van der Waals surface area contributed by atoms with Crippen LogP contribution in [0.1, 0.15) is 37.7 Å². The van der Waals surface area contributed by atoms with Crippen molar-refractivity contribution in [3.05, 3.63) is 29.8 Å². The second-order valence-electron chi connectivity index (χ2n) is 6.46. The number of nitrogens with one attached hydrogen (secondary N) is 1. The van der Waals surface area contributed by atoms with Crippen LogP contribution in [0.25, 0.3) is 11.3 Å². The Morgan fingerprint density at radius 2 is 2.04 bits per heavy atom. The van der Waals surface area contributed by atoms with Crippen molar-refractivity contribution in [2.24, 2.45) is 0 Å². The molecule has 6 nitrogen and oxygen atoms in total. The van der Waals surface area contributed by atoms with Crippen LogP contribution in [0, 0.1) is 0 Å². The van der Waals surface area contributed by atoms with Gasteiger partial charge >= 0.3 is 6.03 Å². The van der Waals surface area contributed by atoms with E-state index in [1.54, 1.807) is 4.90 Å². The van der Waals surface area contributed by atoms with Gasteiger partial charge in [-0.1, -0.05) is 36.6 Å². The van der Waals surface area contributed by atoms with Gasteiger partial charge in [-0.3, -0.25) is 5.32 Å². The van der Waals surface area contributed by atoms with E-state index in [-0.39, 0.29) is 6.03 Å². The van der Waals surface area contributed by atoms with Crippen molar-refractivity contribution in [1.29, 1.82) is 0 Å². The number of urea groups is 1. The zero-order valence-electron chi connectivity index (χ0n) is 13.7. The number of rotatable bonds is 2. The smallest absolute Gasteiger partial charge is 0.323 e. The number of ether oxygens (including phenoxy) is 1. The van der Waals surface area contributed by atoms with Gasteiger partial charge in [-0.05, 0) is 25.0 Å². The molecule has 1 N–H and O–H groups in total. The Balaban J connectivity index is 1.52. The van der Waals surface area contributed by atoms with Crippen LogP contribution in [-0.2, 0) is 6.61 Å². The van der Waals surface area contributed by atoms with Crippen LogP contribution in [0.5, 0.6) is 5.75 Å². The second-order valence-corrected chi connectivity index (χ2v) is 6.46. The van der Waals surface area contributed by atoms with Crippen molar-refractivity contribution in [3.63, 3.8) is 0 Å². The van der Waals surface area contributed by atoms with E-state index in [0.29, 0.717) is 24.2 Å². The Bertz CT molecular complexity index is 750. The molecule has 0 bridgehead atoms. The maximum Gasteiger partial charge on any atom is 0.323 e. The summed E-state index contributed by atoms with van der Waals surface area (Å²) in [7, 11) is 1.85.